The summed E-state index contributed by atoms with van der Waals surface area (Å²) in [4.78, 5) is 0. The molecular weight excluding hydrogens is 65.8 g/mol. The van der Waals surface area contributed by atoms with Gasteiger partial charge in [-0.25, -0.2) is 0 Å². The van der Waals surface area contributed by atoms with Gasteiger partial charge in [0.25, 0.3) is 0 Å². The molecular formula is C4H12BLi. The van der Waals surface area contributed by atoms with Gasteiger partial charge in [-0.1, -0.05) is 0 Å². The van der Waals surface area contributed by atoms with Crippen LogP contribution in [0.1, 0.15) is 20.3 Å². The third-order valence-corrected chi connectivity index (χ3v) is 0.816. The van der Waals surface area contributed by atoms with Crippen molar-refractivity contribution in [2.45, 2.75) is 24.9 Å². The van der Waals surface area contributed by atoms with Gasteiger partial charge in [-0.2, -0.15) is 0 Å². The molecule has 0 aromatic carbocycles. The van der Waals surface area contributed by atoms with Gasteiger partial charge in [-0.15, -0.1) is 0 Å². The van der Waals surface area contributed by atoms with Crippen LogP contribution in [0.4, 0.5) is 0 Å². The molecule has 0 saturated carbocycles. The fraction of sp³-hybridized carbons (Fsp3) is 1.00. The Morgan fingerprint density at radius 3 is 1.83 bits per heavy atom. The van der Waals surface area contributed by atoms with E-state index in [1.807, 2.05) is 0 Å². The van der Waals surface area contributed by atoms with Crippen molar-refractivity contribution in [3.05, 3.63) is 0 Å². The summed E-state index contributed by atoms with van der Waals surface area (Å²) in [5, 5.41) is 0. The van der Waals surface area contributed by atoms with Crippen LogP contribution < -0.4 is 0 Å². The molecule has 0 aliphatic heterocycles. The van der Waals surface area contributed by atoms with E-state index in [0.29, 0.717) is 0 Å². The van der Waals surface area contributed by atoms with Crippen molar-refractivity contribution in [2.24, 2.45) is 0 Å². The zero-order valence-electron chi connectivity index (χ0n) is 4.28. The second kappa shape index (κ2) is 5.66. The van der Waals surface area contributed by atoms with Gasteiger partial charge < -0.3 is 0 Å². The molecule has 0 N–H and O–H groups in total. The topological polar surface area (TPSA) is 0 Å². The van der Waals surface area contributed by atoms with E-state index in [2.05, 4.69) is 31.6 Å². The van der Waals surface area contributed by atoms with Crippen molar-refractivity contribution in [3.63, 3.8) is 0 Å². The van der Waals surface area contributed by atoms with Crippen LogP contribution >= 0.6 is 0 Å². The summed E-state index contributed by atoms with van der Waals surface area (Å²) in [5.41, 5.74) is 0. The Kier molecular flexibility index (Phi) is 9.27. The maximum atomic E-state index is 2.22. The predicted molar refractivity (Wildman–Crippen MR) is 35.4 cm³/mol. The standard InChI is InChI=1S/C4H9.BH3.Li/c1-3-4-2;;/h3H,4H2,1-2H3;1H3;. The first-order valence-corrected chi connectivity index (χ1v) is 2.27. The van der Waals surface area contributed by atoms with Gasteiger partial charge in [-0.05, 0) is 0 Å². The van der Waals surface area contributed by atoms with Crippen LogP contribution in [0.5, 0.6) is 0 Å². The third-order valence-electron chi connectivity index (χ3n) is 0.816. The molecule has 0 aromatic heterocycles. The number of hydrogen-bond donors (Lipinski definition) is 0. The number of hydrogen-bond acceptors (Lipinski definition) is 0. The molecule has 0 amide bonds. The molecule has 0 heterocycles. The first-order valence-electron chi connectivity index (χ1n) is 2.27. The van der Waals surface area contributed by atoms with Crippen LogP contribution in [0, 0.1) is 0 Å². The molecule has 6 heavy (non-hydrogen) atoms. The van der Waals surface area contributed by atoms with E-state index in [0.717, 1.165) is 4.59 Å². The molecule has 0 aromatic rings. The minimum atomic E-state index is 0. The Morgan fingerprint density at radius 1 is 1.67 bits per heavy atom. The molecule has 1 atom stereocenters. The summed E-state index contributed by atoms with van der Waals surface area (Å²) in [5.74, 6) is 0. The fourth-order valence-corrected chi connectivity index (χ4v) is 0. The zero-order valence-corrected chi connectivity index (χ0v) is 4.28. The summed E-state index contributed by atoms with van der Waals surface area (Å²) >= 11 is 2.22. The normalized spacial score (nSPS) is 12.7. The summed E-state index contributed by atoms with van der Waals surface area (Å²) in [6.45, 7) is 4.42. The van der Waals surface area contributed by atoms with Crippen molar-refractivity contribution in [1.82, 2.24) is 0 Å². The van der Waals surface area contributed by atoms with Gasteiger partial charge in [0, 0.05) is 0 Å². The van der Waals surface area contributed by atoms with Crippen LogP contribution in [-0.4, -0.2) is 26.1 Å². The quantitative estimate of drug-likeness (QED) is 0.392. The predicted octanol–water partition coefficient (Wildman–Crippen LogP) is 0.189. The summed E-state index contributed by atoms with van der Waals surface area (Å²) in [6, 6.07) is 0. The Labute approximate surface area is 51.5 Å². The molecule has 0 aliphatic rings. The minimum absolute atomic E-state index is 0. The van der Waals surface area contributed by atoms with E-state index in [-0.39, 0.29) is 8.41 Å². The average molecular weight is 77.9 g/mol. The molecule has 0 fully saturated rings. The monoisotopic (exact) mass is 78.1 g/mol. The number of rotatable bonds is 1. The first kappa shape index (κ1) is 9.83. The Balaban J connectivity index is 0. The van der Waals surface area contributed by atoms with Crippen LogP contribution in [-0.2, 0) is 0 Å². The van der Waals surface area contributed by atoms with Gasteiger partial charge in [0.05, 0.1) is 8.41 Å². The zero-order chi connectivity index (χ0) is 4.28. The van der Waals surface area contributed by atoms with Crippen LogP contribution in [0.3, 0.4) is 0 Å². The molecule has 1 unspecified atom stereocenters. The van der Waals surface area contributed by atoms with Crippen LogP contribution in [0.15, 0.2) is 0 Å². The second-order valence-electron chi connectivity index (χ2n) is 1.80. The van der Waals surface area contributed by atoms with E-state index in [1.165, 1.54) is 6.42 Å². The Hall–Kier alpha value is 0.662. The molecule has 0 bridgehead atoms. The maximum absolute atomic E-state index is 2.22. The van der Waals surface area contributed by atoms with E-state index < -0.39 is 0 Å². The van der Waals surface area contributed by atoms with Gasteiger partial charge in [-0.3, -0.25) is 0 Å². The molecule has 0 saturated heterocycles. The Morgan fingerprint density at radius 2 is 1.83 bits per heavy atom. The summed E-state index contributed by atoms with van der Waals surface area (Å²) in [6.07, 6.45) is 1.31. The molecule has 0 rings (SSSR count). The fourth-order valence-electron chi connectivity index (χ4n) is 0. The molecule has 2 heteroatoms. The van der Waals surface area contributed by atoms with Crippen molar-refractivity contribution in [1.29, 1.82) is 0 Å². The Bertz CT molecular complexity index is 21.5. The van der Waals surface area contributed by atoms with Crippen molar-refractivity contribution >= 4 is 26.1 Å². The van der Waals surface area contributed by atoms with E-state index in [1.54, 1.807) is 0 Å². The van der Waals surface area contributed by atoms with Gasteiger partial charge >= 0.3 is 42.6 Å². The SMILES string of the molecule is B.[Li][CH](C)CC. The van der Waals surface area contributed by atoms with Gasteiger partial charge in [0.15, 0.2) is 0 Å². The van der Waals surface area contributed by atoms with Gasteiger partial charge in [0.1, 0.15) is 0 Å². The summed E-state index contributed by atoms with van der Waals surface area (Å²) < 4.78 is 0.884. The van der Waals surface area contributed by atoms with Crippen LogP contribution in [0.25, 0.3) is 0 Å². The van der Waals surface area contributed by atoms with Crippen molar-refractivity contribution in [2.75, 3.05) is 0 Å². The average Bonchev–Trinajstić information content (AvgIpc) is 1.38. The first-order chi connectivity index (χ1) is 2.27. The molecule has 32 valence electrons. The molecule has 0 radical (unpaired) electrons. The van der Waals surface area contributed by atoms with Crippen molar-refractivity contribution < 1.29 is 0 Å². The molecule has 0 nitrogen and oxygen atoms in total. The van der Waals surface area contributed by atoms with E-state index in [4.69, 9.17) is 0 Å². The molecule has 0 spiro atoms. The summed E-state index contributed by atoms with van der Waals surface area (Å²) in [7, 11) is 0. The van der Waals surface area contributed by atoms with E-state index in [9.17, 15) is 0 Å². The van der Waals surface area contributed by atoms with E-state index >= 15 is 0 Å². The second-order valence-corrected chi connectivity index (χ2v) is 1.80. The third kappa shape index (κ3) is 8.82. The van der Waals surface area contributed by atoms with Gasteiger partial charge in [0.2, 0.25) is 0 Å². The molecule has 0 aliphatic carbocycles. The van der Waals surface area contributed by atoms with Crippen LogP contribution in [0.2, 0.25) is 4.59 Å². The van der Waals surface area contributed by atoms with Crippen molar-refractivity contribution in [3.8, 4) is 0 Å².